The Bertz CT molecular complexity index is 1140. The molecule has 0 radical (unpaired) electrons. The Morgan fingerprint density at radius 1 is 1.04 bits per heavy atom. The van der Waals surface area contributed by atoms with E-state index >= 15 is 0 Å². The second-order valence-corrected chi connectivity index (χ2v) is 7.87. The molecular weight excluding hydrogens is 396 g/mol. The van der Waals surface area contributed by atoms with Crippen molar-refractivity contribution < 1.29 is 0 Å². The third kappa shape index (κ3) is 3.93. The van der Waals surface area contributed by atoms with Crippen LogP contribution in [0.25, 0.3) is 10.6 Å². The number of rotatable bonds is 4. The van der Waals surface area contributed by atoms with E-state index in [0.717, 1.165) is 32.3 Å². The van der Waals surface area contributed by atoms with Crippen molar-refractivity contribution in [2.75, 3.05) is 0 Å². The van der Waals surface area contributed by atoms with E-state index in [4.69, 9.17) is 21.7 Å². The molecular formula is C20H15ClN4S2. The van der Waals surface area contributed by atoms with Crippen molar-refractivity contribution in [2.24, 2.45) is 10.1 Å². The fourth-order valence-corrected chi connectivity index (χ4v) is 4.33. The van der Waals surface area contributed by atoms with Crippen molar-refractivity contribution in [3.63, 3.8) is 0 Å². The quantitative estimate of drug-likeness (QED) is 0.390. The molecule has 134 valence electrons. The smallest absolute Gasteiger partial charge is 0.211 e. The molecule has 0 spiro atoms. The van der Waals surface area contributed by atoms with Crippen molar-refractivity contribution in [2.45, 2.75) is 6.92 Å². The number of nitrogens with zero attached hydrogens (tertiary/aromatic N) is 4. The van der Waals surface area contributed by atoms with E-state index in [-0.39, 0.29) is 0 Å². The van der Waals surface area contributed by atoms with Crippen LogP contribution in [0.1, 0.15) is 12.5 Å². The van der Waals surface area contributed by atoms with E-state index in [1.807, 2.05) is 54.1 Å². The Hall–Kier alpha value is -2.54. The van der Waals surface area contributed by atoms with Gasteiger partial charge in [0, 0.05) is 23.3 Å². The van der Waals surface area contributed by atoms with Gasteiger partial charge in [-0.15, -0.1) is 22.7 Å². The molecule has 4 rings (SSSR count). The zero-order chi connectivity index (χ0) is 18.6. The molecule has 7 heteroatoms. The van der Waals surface area contributed by atoms with Gasteiger partial charge in [0.25, 0.3) is 0 Å². The van der Waals surface area contributed by atoms with Crippen LogP contribution >= 0.6 is 34.3 Å². The average molecular weight is 411 g/mol. The molecule has 0 saturated carbocycles. The Labute approximate surface area is 169 Å². The molecule has 0 fully saturated rings. The molecule has 0 aliphatic carbocycles. The van der Waals surface area contributed by atoms with E-state index in [9.17, 15) is 0 Å². The number of pyridine rings is 1. The van der Waals surface area contributed by atoms with E-state index < -0.39 is 0 Å². The fraction of sp³-hybridized carbons (Fsp3) is 0.0500. The normalized spacial score (nSPS) is 12.5. The van der Waals surface area contributed by atoms with Crippen molar-refractivity contribution in [1.82, 2.24) is 9.66 Å². The van der Waals surface area contributed by atoms with Gasteiger partial charge >= 0.3 is 0 Å². The number of aromatic nitrogens is 2. The summed E-state index contributed by atoms with van der Waals surface area (Å²) in [7, 11) is 0. The Morgan fingerprint density at radius 3 is 2.59 bits per heavy atom. The Kier molecular flexibility index (Phi) is 5.29. The highest BCUT2D eigenvalue weighted by Crippen LogP contribution is 2.27. The number of benzene rings is 1. The predicted octanol–water partition coefficient (Wildman–Crippen LogP) is 5.83. The topological polar surface area (TPSA) is 42.5 Å². The zero-order valence-corrected chi connectivity index (χ0v) is 16.8. The second-order valence-electron chi connectivity index (χ2n) is 5.68. The summed E-state index contributed by atoms with van der Waals surface area (Å²) in [6, 6.07) is 15.6. The van der Waals surface area contributed by atoms with E-state index in [0.29, 0.717) is 5.02 Å². The van der Waals surface area contributed by atoms with Crippen LogP contribution in [0.4, 0.5) is 5.69 Å². The summed E-state index contributed by atoms with van der Waals surface area (Å²) in [6.45, 7) is 1.98. The van der Waals surface area contributed by atoms with Gasteiger partial charge in [0.2, 0.25) is 4.80 Å². The minimum Gasteiger partial charge on any atom is -0.265 e. The lowest BCUT2D eigenvalue weighted by Gasteiger charge is -2.05. The first-order chi connectivity index (χ1) is 13.2. The molecule has 27 heavy (non-hydrogen) atoms. The number of hydrogen-bond acceptors (Lipinski definition) is 5. The summed E-state index contributed by atoms with van der Waals surface area (Å²) in [5, 5.41) is 9.60. The molecule has 4 nitrogen and oxygen atoms in total. The van der Waals surface area contributed by atoms with E-state index in [1.165, 1.54) is 0 Å². The van der Waals surface area contributed by atoms with Crippen LogP contribution < -0.4 is 4.80 Å². The van der Waals surface area contributed by atoms with Gasteiger partial charge in [-0.2, -0.15) is 5.10 Å². The maximum Gasteiger partial charge on any atom is 0.211 e. The third-order valence-electron chi connectivity index (χ3n) is 3.88. The molecule has 3 aromatic heterocycles. The first-order valence-electron chi connectivity index (χ1n) is 8.22. The van der Waals surface area contributed by atoms with Crippen molar-refractivity contribution in [3.8, 4) is 10.6 Å². The van der Waals surface area contributed by atoms with Crippen LogP contribution in [-0.2, 0) is 0 Å². The zero-order valence-electron chi connectivity index (χ0n) is 14.4. The molecule has 0 amide bonds. The van der Waals surface area contributed by atoms with Crippen LogP contribution in [0.15, 0.2) is 81.8 Å². The first kappa shape index (κ1) is 17.9. The largest absolute Gasteiger partial charge is 0.265 e. The predicted molar refractivity (Wildman–Crippen MR) is 114 cm³/mol. The maximum atomic E-state index is 6.30. The molecule has 0 aliphatic rings. The van der Waals surface area contributed by atoms with Crippen LogP contribution in [0.2, 0.25) is 5.02 Å². The summed E-state index contributed by atoms with van der Waals surface area (Å²) in [5.74, 6) is 0. The molecule has 0 bridgehead atoms. The highest BCUT2D eigenvalue weighted by molar-refractivity contribution is 7.14. The average Bonchev–Trinajstić information content (AvgIpc) is 3.35. The monoisotopic (exact) mass is 410 g/mol. The third-order valence-corrected chi connectivity index (χ3v) is 5.90. The minimum absolute atomic E-state index is 0.616. The van der Waals surface area contributed by atoms with Crippen LogP contribution in [0.5, 0.6) is 0 Å². The Morgan fingerprint density at radius 2 is 1.85 bits per heavy atom. The first-order valence-corrected chi connectivity index (χ1v) is 10.4. The summed E-state index contributed by atoms with van der Waals surface area (Å²) in [6.07, 6.45) is 3.53. The van der Waals surface area contributed by atoms with Gasteiger partial charge in [0.15, 0.2) is 0 Å². The van der Waals surface area contributed by atoms with Gasteiger partial charge in [-0.05, 0) is 42.6 Å². The summed E-state index contributed by atoms with van der Waals surface area (Å²) >= 11 is 9.51. The molecule has 0 atom stereocenters. The summed E-state index contributed by atoms with van der Waals surface area (Å²) in [5.41, 5.74) is 3.64. The van der Waals surface area contributed by atoms with E-state index in [2.05, 4.69) is 21.8 Å². The van der Waals surface area contributed by atoms with Crippen LogP contribution in [-0.4, -0.2) is 15.4 Å². The number of thiazole rings is 1. The Balaban J connectivity index is 1.90. The molecule has 4 aromatic rings. The highest BCUT2D eigenvalue weighted by atomic mass is 35.5. The van der Waals surface area contributed by atoms with Crippen molar-refractivity contribution in [1.29, 1.82) is 0 Å². The number of halogens is 1. The lowest BCUT2D eigenvalue weighted by Crippen LogP contribution is -2.13. The number of hydrogen-bond donors (Lipinski definition) is 0. The van der Waals surface area contributed by atoms with Gasteiger partial charge in [0.05, 0.1) is 27.0 Å². The lowest BCUT2D eigenvalue weighted by molar-refractivity contribution is 0.850. The lowest BCUT2D eigenvalue weighted by atomic mass is 10.2. The summed E-state index contributed by atoms with van der Waals surface area (Å²) < 4.78 is 1.88. The molecule has 3 heterocycles. The fourth-order valence-electron chi connectivity index (χ4n) is 2.51. The molecule has 0 unspecified atom stereocenters. The number of thiophene rings is 1. The van der Waals surface area contributed by atoms with Crippen molar-refractivity contribution >= 4 is 45.7 Å². The highest BCUT2D eigenvalue weighted by Gasteiger charge is 2.10. The summed E-state index contributed by atoms with van der Waals surface area (Å²) in [4.78, 5) is 10.7. The van der Waals surface area contributed by atoms with Crippen LogP contribution in [0, 0.1) is 0 Å². The van der Waals surface area contributed by atoms with Gasteiger partial charge in [0.1, 0.15) is 0 Å². The van der Waals surface area contributed by atoms with Gasteiger partial charge in [-0.3, -0.25) is 4.98 Å². The molecule has 0 aliphatic heterocycles. The standard InChI is InChI=1S/C20H15ClN4S2/c1-14(15-8-10-22-11-9-15)24-25-18(19-7-4-12-26-19)13-27-20(25)23-17-6-3-2-5-16(17)21/h2-13H,1H3. The second kappa shape index (κ2) is 8.00. The van der Waals surface area contributed by atoms with Gasteiger partial charge in [-0.25, -0.2) is 9.67 Å². The van der Waals surface area contributed by atoms with E-state index in [1.54, 1.807) is 35.1 Å². The number of para-hydroxylation sites is 1. The van der Waals surface area contributed by atoms with Crippen LogP contribution in [0.3, 0.4) is 0 Å². The SMILES string of the molecule is CC(=Nn1c(-c2cccs2)csc1=Nc1ccccc1Cl)c1ccncc1. The molecule has 0 saturated heterocycles. The minimum atomic E-state index is 0.616. The molecule has 1 aromatic carbocycles. The van der Waals surface area contributed by atoms with Gasteiger partial charge < -0.3 is 0 Å². The van der Waals surface area contributed by atoms with Gasteiger partial charge in [-0.1, -0.05) is 29.8 Å². The maximum absolute atomic E-state index is 6.30. The van der Waals surface area contributed by atoms with Crippen molar-refractivity contribution in [3.05, 3.63) is 87.1 Å². The molecule has 0 N–H and O–H groups in total.